The lowest BCUT2D eigenvalue weighted by molar-refractivity contribution is 1.10. The number of benzene rings is 1. The van der Waals surface area contributed by atoms with E-state index in [0.717, 1.165) is 10.2 Å². The molecule has 2 N–H and O–H groups in total. The van der Waals surface area contributed by atoms with Crippen LogP contribution in [0.15, 0.2) is 38.3 Å². The van der Waals surface area contributed by atoms with Crippen LogP contribution in [0.4, 0.5) is 11.5 Å². The molecule has 2 rings (SSSR count). The van der Waals surface area contributed by atoms with Gasteiger partial charge >= 0.3 is 0 Å². The summed E-state index contributed by atoms with van der Waals surface area (Å²) in [5, 5.41) is 3.61. The number of halogens is 3. The second-order valence-electron chi connectivity index (χ2n) is 3.14. The molecule has 0 bridgehead atoms. The minimum atomic E-state index is -0.249. The van der Waals surface area contributed by atoms with Crippen LogP contribution in [0, 0.1) is 0 Å². The minimum Gasteiger partial charge on any atom is -0.338 e. The Hall–Kier alpha value is -0.850. The average molecular weight is 379 g/mol. The van der Waals surface area contributed by atoms with Gasteiger partial charge in [0.25, 0.3) is 5.56 Å². The number of aromatic amines is 1. The van der Waals surface area contributed by atoms with Crippen molar-refractivity contribution in [2.45, 2.75) is 0 Å². The summed E-state index contributed by atoms with van der Waals surface area (Å²) in [5.41, 5.74) is 0.483. The Balaban J connectivity index is 2.41. The zero-order valence-electron chi connectivity index (χ0n) is 8.30. The van der Waals surface area contributed by atoms with Gasteiger partial charge in [-0.3, -0.25) is 4.79 Å². The molecule has 0 saturated heterocycles. The summed E-state index contributed by atoms with van der Waals surface area (Å²) in [6.07, 6.45) is 1.33. The van der Waals surface area contributed by atoms with E-state index in [9.17, 15) is 4.79 Å². The number of nitrogens with one attached hydrogen (secondary N) is 2. The van der Waals surface area contributed by atoms with Crippen molar-refractivity contribution in [3.63, 3.8) is 0 Å². The third-order valence-corrected chi connectivity index (χ3v) is 3.64. The molecular weight excluding hydrogens is 373 g/mol. The molecular formula is C10H6Br2ClN3O. The number of aromatic nitrogens is 2. The van der Waals surface area contributed by atoms with Gasteiger partial charge < -0.3 is 10.3 Å². The van der Waals surface area contributed by atoms with Gasteiger partial charge in [0.05, 0.1) is 12.0 Å². The maximum absolute atomic E-state index is 11.4. The Labute approximate surface area is 119 Å². The largest absolute Gasteiger partial charge is 0.338 e. The zero-order valence-corrected chi connectivity index (χ0v) is 12.2. The fraction of sp³-hybridized carbons (Fsp3) is 0. The smallest absolute Gasteiger partial charge is 0.267 e. The molecule has 0 fully saturated rings. The molecule has 2 aromatic rings. The van der Waals surface area contributed by atoms with Crippen LogP contribution >= 0.6 is 43.5 Å². The van der Waals surface area contributed by atoms with Crippen molar-refractivity contribution < 1.29 is 0 Å². The zero-order chi connectivity index (χ0) is 12.4. The van der Waals surface area contributed by atoms with Crippen LogP contribution in [-0.4, -0.2) is 9.97 Å². The van der Waals surface area contributed by atoms with Crippen molar-refractivity contribution in [2.75, 3.05) is 5.32 Å². The maximum Gasteiger partial charge on any atom is 0.267 e. The first-order valence-electron chi connectivity index (χ1n) is 4.53. The Morgan fingerprint density at radius 2 is 2.12 bits per heavy atom. The third-order valence-electron chi connectivity index (χ3n) is 1.98. The van der Waals surface area contributed by atoms with Crippen molar-refractivity contribution in [3.05, 3.63) is 48.8 Å². The predicted molar refractivity (Wildman–Crippen MR) is 75.0 cm³/mol. The topological polar surface area (TPSA) is 57.8 Å². The van der Waals surface area contributed by atoms with Gasteiger partial charge in [-0.15, -0.1) is 0 Å². The normalized spacial score (nSPS) is 10.3. The molecule has 0 aliphatic heterocycles. The number of hydrogen-bond donors (Lipinski definition) is 2. The summed E-state index contributed by atoms with van der Waals surface area (Å²) in [5.74, 6) is 0.428. The fourth-order valence-corrected chi connectivity index (χ4v) is 2.02. The molecule has 0 spiro atoms. The first-order chi connectivity index (χ1) is 8.08. The minimum absolute atomic E-state index is 0.249. The highest BCUT2D eigenvalue weighted by atomic mass is 79.9. The number of hydrogen-bond acceptors (Lipinski definition) is 3. The van der Waals surface area contributed by atoms with E-state index < -0.39 is 0 Å². The highest BCUT2D eigenvalue weighted by Crippen LogP contribution is 2.29. The van der Waals surface area contributed by atoms with Crippen molar-refractivity contribution in [2.24, 2.45) is 0 Å². The van der Waals surface area contributed by atoms with Crippen LogP contribution in [0.2, 0.25) is 5.02 Å². The van der Waals surface area contributed by atoms with Crippen LogP contribution in [0.3, 0.4) is 0 Å². The molecule has 17 heavy (non-hydrogen) atoms. The van der Waals surface area contributed by atoms with Crippen LogP contribution in [0.25, 0.3) is 0 Å². The van der Waals surface area contributed by atoms with Gasteiger partial charge in [0, 0.05) is 9.50 Å². The highest BCUT2D eigenvalue weighted by molar-refractivity contribution is 9.11. The van der Waals surface area contributed by atoms with E-state index in [1.807, 2.05) is 6.07 Å². The van der Waals surface area contributed by atoms with Gasteiger partial charge in [-0.2, -0.15) is 0 Å². The summed E-state index contributed by atoms with van der Waals surface area (Å²) in [7, 11) is 0. The monoisotopic (exact) mass is 377 g/mol. The predicted octanol–water partition coefficient (Wildman–Crippen LogP) is 3.69. The molecule has 1 aromatic carbocycles. The highest BCUT2D eigenvalue weighted by Gasteiger charge is 2.07. The van der Waals surface area contributed by atoms with E-state index in [1.54, 1.807) is 12.1 Å². The molecule has 0 aliphatic rings. The van der Waals surface area contributed by atoms with Crippen LogP contribution in [0.1, 0.15) is 0 Å². The van der Waals surface area contributed by atoms with Gasteiger partial charge in [0.1, 0.15) is 4.47 Å². The molecule has 1 aromatic heterocycles. The first kappa shape index (κ1) is 12.6. The van der Waals surface area contributed by atoms with Gasteiger partial charge in [-0.05, 0) is 50.1 Å². The Bertz CT molecular complexity index is 615. The van der Waals surface area contributed by atoms with Gasteiger partial charge in [-0.1, -0.05) is 11.6 Å². The standard InChI is InChI=1S/C10H6Br2ClN3O/c11-6-2-1-5(13)3-7(6)16-9-8(12)10(17)15-4-14-9/h1-4H,(H2,14,15,16,17). The van der Waals surface area contributed by atoms with E-state index in [2.05, 4.69) is 47.1 Å². The number of rotatable bonds is 2. The van der Waals surface area contributed by atoms with Crippen molar-refractivity contribution in [1.29, 1.82) is 0 Å². The van der Waals surface area contributed by atoms with Gasteiger partial charge in [0.2, 0.25) is 0 Å². The summed E-state index contributed by atoms with van der Waals surface area (Å²) >= 11 is 12.4. The number of nitrogens with zero attached hydrogens (tertiary/aromatic N) is 1. The second kappa shape index (κ2) is 5.20. The van der Waals surface area contributed by atoms with Gasteiger partial charge in [-0.25, -0.2) is 4.98 Å². The summed E-state index contributed by atoms with van der Waals surface area (Å²) in [6, 6.07) is 5.31. The molecule has 0 amide bonds. The molecule has 0 atom stereocenters. The van der Waals surface area contributed by atoms with E-state index in [4.69, 9.17) is 11.6 Å². The van der Waals surface area contributed by atoms with Crippen LogP contribution in [-0.2, 0) is 0 Å². The Morgan fingerprint density at radius 3 is 2.88 bits per heavy atom. The van der Waals surface area contributed by atoms with Crippen LogP contribution in [0.5, 0.6) is 0 Å². The Morgan fingerprint density at radius 1 is 1.35 bits per heavy atom. The van der Waals surface area contributed by atoms with Crippen molar-refractivity contribution in [1.82, 2.24) is 9.97 Å². The molecule has 0 saturated carbocycles. The molecule has 7 heteroatoms. The molecule has 1 heterocycles. The fourth-order valence-electron chi connectivity index (χ4n) is 1.19. The van der Waals surface area contributed by atoms with Gasteiger partial charge in [0.15, 0.2) is 5.82 Å². The van der Waals surface area contributed by atoms with E-state index >= 15 is 0 Å². The van der Waals surface area contributed by atoms with Crippen LogP contribution < -0.4 is 10.9 Å². The average Bonchev–Trinajstić information content (AvgIpc) is 2.30. The summed E-state index contributed by atoms with van der Waals surface area (Å²) in [4.78, 5) is 17.8. The third kappa shape index (κ3) is 2.88. The maximum atomic E-state index is 11.4. The van der Waals surface area contributed by atoms with E-state index in [1.165, 1.54) is 6.33 Å². The molecule has 88 valence electrons. The number of H-pyrrole nitrogens is 1. The van der Waals surface area contributed by atoms with E-state index in [-0.39, 0.29) is 5.56 Å². The lowest BCUT2D eigenvalue weighted by Crippen LogP contribution is -2.10. The lowest BCUT2D eigenvalue weighted by Gasteiger charge is -2.08. The quantitative estimate of drug-likeness (QED) is 0.837. The van der Waals surface area contributed by atoms with Crippen molar-refractivity contribution >= 4 is 55.0 Å². The number of anilines is 2. The molecule has 4 nitrogen and oxygen atoms in total. The lowest BCUT2D eigenvalue weighted by atomic mass is 10.3. The summed E-state index contributed by atoms with van der Waals surface area (Å²) in [6.45, 7) is 0. The molecule has 0 unspecified atom stereocenters. The second-order valence-corrected chi connectivity index (χ2v) is 5.23. The first-order valence-corrected chi connectivity index (χ1v) is 6.49. The summed E-state index contributed by atoms with van der Waals surface area (Å²) < 4.78 is 1.17. The molecule has 0 radical (unpaired) electrons. The van der Waals surface area contributed by atoms with E-state index in [0.29, 0.717) is 15.3 Å². The molecule has 0 aliphatic carbocycles. The van der Waals surface area contributed by atoms with Crippen molar-refractivity contribution in [3.8, 4) is 0 Å². The Kier molecular flexibility index (Phi) is 3.86. The SMILES string of the molecule is O=c1[nH]cnc(Nc2cc(Cl)ccc2Br)c1Br.